The van der Waals surface area contributed by atoms with Gasteiger partial charge in [-0.2, -0.15) is 0 Å². The molecule has 294 valence electrons. The number of aromatic nitrogens is 2. The molecule has 7 rings (SSSR count). The molecule has 4 fully saturated rings. The molecule has 13 heteroatoms. The van der Waals surface area contributed by atoms with Crippen molar-refractivity contribution in [3.05, 3.63) is 47.9 Å². The van der Waals surface area contributed by atoms with E-state index in [-0.39, 0.29) is 36.6 Å². The Morgan fingerprint density at radius 3 is 2.38 bits per heavy atom. The van der Waals surface area contributed by atoms with Crippen molar-refractivity contribution in [2.24, 2.45) is 11.3 Å². The Morgan fingerprint density at radius 1 is 1.02 bits per heavy atom. The summed E-state index contributed by atoms with van der Waals surface area (Å²) in [6, 6.07) is 6.13. The van der Waals surface area contributed by atoms with Crippen LogP contribution >= 0.6 is 11.3 Å². The highest BCUT2D eigenvalue weighted by Gasteiger charge is 2.59. The van der Waals surface area contributed by atoms with Gasteiger partial charge in [0.05, 0.1) is 17.8 Å². The van der Waals surface area contributed by atoms with Crippen molar-refractivity contribution in [1.29, 1.82) is 0 Å². The van der Waals surface area contributed by atoms with Gasteiger partial charge >= 0.3 is 6.03 Å². The molecule has 4 amide bonds. The average Bonchev–Trinajstić information content (AvgIpc) is 3.77. The zero-order valence-corrected chi connectivity index (χ0v) is 33.5. The quantitative estimate of drug-likeness (QED) is 0.149. The lowest BCUT2D eigenvalue weighted by Crippen LogP contribution is -2.60. The molecule has 3 saturated carbocycles. The maximum atomic E-state index is 14.7. The lowest BCUT2D eigenvalue weighted by atomic mass is 9.85. The summed E-state index contributed by atoms with van der Waals surface area (Å²) < 4.78 is 6.80. The first-order valence-electron chi connectivity index (χ1n) is 19.9. The minimum Gasteiger partial charge on any atom is -0.488 e. The number of pyridine rings is 1. The van der Waals surface area contributed by atoms with E-state index in [1.807, 2.05) is 57.3 Å². The fourth-order valence-electron chi connectivity index (χ4n) is 8.55. The summed E-state index contributed by atoms with van der Waals surface area (Å²) in [4.78, 5) is 66.4. The molecule has 0 radical (unpaired) electrons. The number of carbonyl (C=O) groups is 4. The number of ketones is 1. The molecule has 3 aromatic rings. The number of nitrogens with one attached hydrogen (secondary N) is 4. The number of amides is 4. The largest absolute Gasteiger partial charge is 0.488 e. The SMILES string of the molecule is C=C[C@@H]1C[C@]1(NC(=O)[C@@H]1C[C@@H](Oc2cc(-c3csc(NC4CCCC4)n3)nc3cc(C)ccc23)CN1C(=O)[C@@H](NC(=O)NC1CCCC1)C(C)(C)C)C(C)=O. The molecule has 1 aromatic carbocycles. The molecule has 0 unspecified atom stereocenters. The third-order valence-electron chi connectivity index (χ3n) is 11.9. The van der Waals surface area contributed by atoms with E-state index in [4.69, 9.17) is 14.7 Å². The summed E-state index contributed by atoms with van der Waals surface area (Å²) in [5, 5.41) is 16.3. The molecule has 12 nitrogen and oxygen atoms in total. The van der Waals surface area contributed by atoms with Gasteiger partial charge < -0.3 is 30.9 Å². The highest BCUT2D eigenvalue weighted by molar-refractivity contribution is 7.14. The van der Waals surface area contributed by atoms with Gasteiger partial charge in [-0.3, -0.25) is 14.4 Å². The highest BCUT2D eigenvalue weighted by Crippen LogP contribution is 2.45. The number of benzene rings is 1. The number of thiazole rings is 1. The number of hydrogen-bond acceptors (Lipinski definition) is 9. The van der Waals surface area contributed by atoms with E-state index in [0.29, 0.717) is 23.9 Å². The molecule has 2 aromatic heterocycles. The fourth-order valence-corrected chi connectivity index (χ4v) is 9.33. The molecule has 55 heavy (non-hydrogen) atoms. The lowest BCUT2D eigenvalue weighted by molar-refractivity contribution is -0.142. The van der Waals surface area contributed by atoms with Gasteiger partial charge in [0.2, 0.25) is 11.8 Å². The number of urea groups is 1. The number of Topliss-reactive ketones (excluding diaryl/α,β-unsaturated/α-hetero) is 1. The molecular formula is C42H55N7O5S. The van der Waals surface area contributed by atoms with E-state index < -0.39 is 41.1 Å². The van der Waals surface area contributed by atoms with Crippen molar-refractivity contribution >= 4 is 51.0 Å². The second-order valence-corrected chi connectivity index (χ2v) is 18.0. The lowest BCUT2D eigenvalue weighted by Gasteiger charge is -2.35. The van der Waals surface area contributed by atoms with Gasteiger partial charge in [0.1, 0.15) is 35.2 Å². The summed E-state index contributed by atoms with van der Waals surface area (Å²) in [5.74, 6) is -0.564. The number of nitrogens with zero attached hydrogens (tertiary/aromatic N) is 3. The van der Waals surface area contributed by atoms with Crippen molar-refractivity contribution in [1.82, 2.24) is 30.8 Å². The zero-order valence-electron chi connectivity index (χ0n) is 32.7. The van der Waals surface area contributed by atoms with Gasteiger partial charge in [-0.25, -0.2) is 14.8 Å². The topological polar surface area (TPSA) is 155 Å². The summed E-state index contributed by atoms with van der Waals surface area (Å²) in [7, 11) is 0. The molecular weight excluding hydrogens is 715 g/mol. The third-order valence-corrected chi connectivity index (χ3v) is 12.6. The van der Waals surface area contributed by atoms with Crippen LogP contribution in [-0.2, 0) is 14.4 Å². The van der Waals surface area contributed by atoms with Gasteiger partial charge in [-0.1, -0.05) is 58.6 Å². The Morgan fingerprint density at radius 2 is 1.73 bits per heavy atom. The molecule has 0 bridgehead atoms. The summed E-state index contributed by atoms with van der Waals surface area (Å²) >= 11 is 1.56. The predicted molar refractivity (Wildman–Crippen MR) is 215 cm³/mol. The van der Waals surface area contributed by atoms with E-state index >= 15 is 0 Å². The second-order valence-electron chi connectivity index (χ2n) is 17.1. The molecule has 3 heterocycles. The van der Waals surface area contributed by atoms with Gasteiger partial charge in [0.15, 0.2) is 10.9 Å². The van der Waals surface area contributed by atoms with Gasteiger partial charge in [-0.15, -0.1) is 17.9 Å². The van der Waals surface area contributed by atoms with Gasteiger partial charge in [-0.05, 0) is 69.1 Å². The maximum Gasteiger partial charge on any atom is 0.315 e. The van der Waals surface area contributed by atoms with Crippen LogP contribution in [0.1, 0.15) is 97.5 Å². The molecule has 4 N–H and O–H groups in total. The Kier molecular flexibility index (Phi) is 11.0. The Labute approximate surface area is 327 Å². The minimum atomic E-state index is -1.04. The van der Waals surface area contributed by atoms with Crippen molar-refractivity contribution in [3.8, 4) is 17.1 Å². The first-order valence-corrected chi connectivity index (χ1v) is 20.8. The van der Waals surface area contributed by atoms with Crippen LogP contribution in [0, 0.1) is 18.3 Å². The van der Waals surface area contributed by atoms with Crippen LogP contribution in [0.3, 0.4) is 0 Å². The summed E-state index contributed by atoms with van der Waals surface area (Å²) in [6.45, 7) is 13.1. The van der Waals surface area contributed by atoms with Crippen molar-refractivity contribution in [2.75, 3.05) is 11.9 Å². The highest BCUT2D eigenvalue weighted by atomic mass is 32.1. The minimum absolute atomic E-state index is 0.0706. The number of hydrogen-bond donors (Lipinski definition) is 4. The van der Waals surface area contributed by atoms with Gasteiger partial charge in [0.25, 0.3) is 0 Å². The van der Waals surface area contributed by atoms with E-state index in [9.17, 15) is 19.2 Å². The van der Waals surface area contributed by atoms with E-state index in [2.05, 4.69) is 27.8 Å². The van der Waals surface area contributed by atoms with E-state index in [1.54, 1.807) is 17.4 Å². The standard InChI is InChI=1S/C42H55N7O5S/c1-7-26-21-42(26,25(3)50)48-37(51)34-19-29(22-49(34)38(52)36(41(4,5)6)47-39(53)43-27-12-8-9-13-27)54-35-20-32(45-31-18-24(2)16-17-30(31)35)33-23-55-40(46-33)44-28-14-10-11-15-28/h7,16-18,20,23,26-29,34,36H,1,8-15,19,21-22H2,2-6H3,(H,44,46)(H,48,51)(H2,43,47,53)/t26-,29-,34+,36-,42+/m1/s1. The molecule has 0 spiro atoms. The van der Waals surface area contributed by atoms with Crippen LogP contribution in [-0.4, -0.2) is 80.9 Å². The van der Waals surface area contributed by atoms with Crippen LogP contribution in [0.5, 0.6) is 5.75 Å². The van der Waals surface area contributed by atoms with E-state index in [1.165, 1.54) is 24.7 Å². The molecule has 1 saturated heterocycles. The van der Waals surface area contributed by atoms with Crippen LogP contribution in [0.4, 0.5) is 9.93 Å². The average molecular weight is 770 g/mol. The fraction of sp³-hybridized carbons (Fsp3) is 0.571. The monoisotopic (exact) mass is 769 g/mol. The number of fused-ring (bicyclic) bond motifs is 1. The first-order chi connectivity index (χ1) is 26.2. The van der Waals surface area contributed by atoms with Crippen molar-refractivity contribution in [2.45, 2.75) is 135 Å². The van der Waals surface area contributed by atoms with Crippen molar-refractivity contribution < 1.29 is 23.9 Å². The van der Waals surface area contributed by atoms with Crippen LogP contribution < -0.4 is 26.0 Å². The van der Waals surface area contributed by atoms with Gasteiger partial charge in [0, 0.05) is 41.3 Å². The predicted octanol–water partition coefficient (Wildman–Crippen LogP) is 6.68. The number of aryl methyl sites for hydroxylation is 1. The third kappa shape index (κ3) is 8.36. The molecule has 4 aliphatic rings. The number of anilines is 1. The molecule has 5 atom stereocenters. The van der Waals surface area contributed by atoms with E-state index in [0.717, 1.165) is 65.8 Å². The van der Waals surface area contributed by atoms with Crippen LogP contribution in [0.25, 0.3) is 22.3 Å². The summed E-state index contributed by atoms with van der Waals surface area (Å²) in [5.41, 5.74) is 1.50. The zero-order chi connectivity index (χ0) is 39.1. The molecule has 1 aliphatic heterocycles. The molecule has 3 aliphatic carbocycles. The Hall–Kier alpha value is -4.52. The van der Waals surface area contributed by atoms with Crippen molar-refractivity contribution in [3.63, 3.8) is 0 Å². The normalized spacial score (nSPS) is 24.7. The smallest absolute Gasteiger partial charge is 0.315 e. The number of rotatable bonds is 12. The first kappa shape index (κ1) is 38.7. The Balaban J connectivity index is 1.18. The number of ether oxygens (including phenoxy) is 1. The maximum absolute atomic E-state index is 14.7. The second kappa shape index (κ2) is 15.5. The number of carbonyl (C=O) groups excluding carboxylic acids is 4. The summed E-state index contributed by atoms with van der Waals surface area (Å²) in [6.07, 6.45) is 10.4. The van der Waals surface area contributed by atoms with Crippen LogP contribution in [0.2, 0.25) is 0 Å². The number of likely N-dealkylation sites (tertiary alicyclic amines) is 1. The Bertz CT molecular complexity index is 1960. The van der Waals surface area contributed by atoms with Crippen LogP contribution in [0.15, 0.2) is 42.3 Å².